The standard InChI is InChI=1S/C7H11NO2/c1-10-7-3-6(9)2-5(7)4-8/h5-7,9H,2-3H2,1H3/t5-,6-,7+/m1/s1. The van der Waals surface area contributed by atoms with Crippen LogP contribution in [0, 0.1) is 17.2 Å². The molecule has 1 aliphatic rings. The molecule has 1 aliphatic carbocycles. The molecule has 1 N–H and O–H groups in total. The van der Waals surface area contributed by atoms with Gasteiger partial charge in [0.05, 0.1) is 24.2 Å². The second-order valence-corrected chi connectivity index (χ2v) is 2.63. The van der Waals surface area contributed by atoms with Crippen molar-refractivity contribution in [1.29, 1.82) is 5.26 Å². The van der Waals surface area contributed by atoms with Crippen molar-refractivity contribution in [3.63, 3.8) is 0 Å². The summed E-state index contributed by atoms with van der Waals surface area (Å²) in [5.74, 6) is -0.111. The van der Waals surface area contributed by atoms with Crippen LogP contribution in [0.15, 0.2) is 0 Å². The third-order valence-electron chi connectivity index (χ3n) is 1.95. The molecule has 1 fully saturated rings. The van der Waals surface area contributed by atoms with Gasteiger partial charge in [-0.3, -0.25) is 0 Å². The molecule has 0 radical (unpaired) electrons. The van der Waals surface area contributed by atoms with E-state index in [1.807, 2.05) is 0 Å². The third-order valence-corrected chi connectivity index (χ3v) is 1.95. The molecule has 0 bridgehead atoms. The smallest absolute Gasteiger partial charge is 0.0755 e. The average molecular weight is 141 g/mol. The van der Waals surface area contributed by atoms with Crippen LogP contribution in [0.3, 0.4) is 0 Å². The van der Waals surface area contributed by atoms with Crippen LogP contribution in [-0.2, 0) is 4.74 Å². The van der Waals surface area contributed by atoms with Crippen LogP contribution in [0.25, 0.3) is 0 Å². The molecule has 3 nitrogen and oxygen atoms in total. The Bertz CT molecular complexity index is 152. The van der Waals surface area contributed by atoms with E-state index in [9.17, 15) is 0 Å². The fraction of sp³-hybridized carbons (Fsp3) is 0.857. The maximum atomic E-state index is 9.10. The number of hydrogen-bond donors (Lipinski definition) is 1. The SMILES string of the molecule is CO[C@H]1C[C@H](O)C[C@@H]1C#N. The summed E-state index contributed by atoms with van der Waals surface area (Å²) in [7, 11) is 1.58. The van der Waals surface area contributed by atoms with Crippen molar-refractivity contribution < 1.29 is 9.84 Å². The van der Waals surface area contributed by atoms with Crippen LogP contribution >= 0.6 is 0 Å². The summed E-state index contributed by atoms with van der Waals surface area (Å²) < 4.78 is 5.00. The minimum atomic E-state index is -0.338. The molecular formula is C7H11NO2. The topological polar surface area (TPSA) is 53.2 Å². The Hall–Kier alpha value is -0.590. The van der Waals surface area contributed by atoms with Gasteiger partial charge in [-0.15, -0.1) is 0 Å². The molecule has 0 heterocycles. The lowest BCUT2D eigenvalue weighted by molar-refractivity contribution is 0.0770. The van der Waals surface area contributed by atoms with Gasteiger partial charge in [0, 0.05) is 13.5 Å². The van der Waals surface area contributed by atoms with Crippen LogP contribution in [0.1, 0.15) is 12.8 Å². The highest BCUT2D eigenvalue weighted by Gasteiger charge is 2.33. The first-order valence-electron chi connectivity index (χ1n) is 3.38. The molecule has 3 atom stereocenters. The van der Waals surface area contributed by atoms with E-state index in [-0.39, 0.29) is 18.1 Å². The molecule has 0 aromatic heterocycles. The summed E-state index contributed by atoms with van der Waals surface area (Å²) >= 11 is 0. The van der Waals surface area contributed by atoms with Gasteiger partial charge in [-0.25, -0.2) is 0 Å². The molecule has 0 unspecified atom stereocenters. The lowest BCUT2D eigenvalue weighted by atomic mass is 10.1. The van der Waals surface area contributed by atoms with Crippen LogP contribution in [0.4, 0.5) is 0 Å². The number of hydrogen-bond acceptors (Lipinski definition) is 3. The minimum absolute atomic E-state index is 0.0556. The van der Waals surface area contributed by atoms with Gasteiger partial charge in [0.15, 0.2) is 0 Å². The quantitative estimate of drug-likeness (QED) is 0.571. The van der Waals surface area contributed by atoms with E-state index in [0.717, 1.165) is 0 Å². The molecule has 0 aromatic carbocycles. The van der Waals surface area contributed by atoms with Crippen molar-refractivity contribution >= 4 is 0 Å². The Morgan fingerprint density at radius 1 is 1.60 bits per heavy atom. The summed E-state index contributed by atoms with van der Waals surface area (Å²) in [6.45, 7) is 0. The molecule has 10 heavy (non-hydrogen) atoms. The number of methoxy groups -OCH3 is 1. The van der Waals surface area contributed by atoms with Gasteiger partial charge in [0.25, 0.3) is 0 Å². The molecule has 0 amide bonds. The van der Waals surface area contributed by atoms with Gasteiger partial charge >= 0.3 is 0 Å². The Labute approximate surface area is 60.2 Å². The Kier molecular flexibility index (Phi) is 2.25. The van der Waals surface area contributed by atoms with Crippen LogP contribution in [-0.4, -0.2) is 24.4 Å². The number of rotatable bonds is 1. The zero-order valence-electron chi connectivity index (χ0n) is 5.95. The highest BCUT2D eigenvalue weighted by molar-refractivity contribution is 4.96. The molecular weight excluding hydrogens is 130 g/mol. The normalized spacial score (nSPS) is 39.5. The van der Waals surface area contributed by atoms with E-state index in [0.29, 0.717) is 12.8 Å². The summed E-state index contributed by atoms with van der Waals surface area (Å²) in [5.41, 5.74) is 0. The van der Waals surface area contributed by atoms with Crippen molar-refractivity contribution in [2.75, 3.05) is 7.11 Å². The van der Waals surface area contributed by atoms with Crippen LogP contribution < -0.4 is 0 Å². The number of aliphatic hydroxyl groups is 1. The summed E-state index contributed by atoms with van der Waals surface area (Å²) in [4.78, 5) is 0. The van der Waals surface area contributed by atoms with Gasteiger partial charge in [0.1, 0.15) is 0 Å². The van der Waals surface area contributed by atoms with Crippen molar-refractivity contribution in [3.8, 4) is 6.07 Å². The number of ether oxygens (including phenoxy) is 1. The highest BCUT2D eigenvalue weighted by atomic mass is 16.5. The van der Waals surface area contributed by atoms with Crippen molar-refractivity contribution in [2.45, 2.75) is 25.0 Å². The highest BCUT2D eigenvalue weighted by Crippen LogP contribution is 2.27. The zero-order valence-corrected chi connectivity index (χ0v) is 5.95. The first-order chi connectivity index (χ1) is 4.77. The van der Waals surface area contributed by atoms with Gasteiger partial charge in [-0.2, -0.15) is 5.26 Å². The first kappa shape index (κ1) is 7.52. The second-order valence-electron chi connectivity index (χ2n) is 2.63. The van der Waals surface area contributed by atoms with Crippen LogP contribution in [0.2, 0.25) is 0 Å². The fourth-order valence-corrected chi connectivity index (χ4v) is 1.37. The van der Waals surface area contributed by atoms with Gasteiger partial charge < -0.3 is 9.84 Å². The summed E-state index contributed by atoms with van der Waals surface area (Å²) in [6.07, 6.45) is 0.776. The van der Waals surface area contributed by atoms with E-state index in [1.165, 1.54) is 0 Å². The van der Waals surface area contributed by atoms with Gasteiger partial charge in [-0.05, 0) is 6.42 Å². The van der Waals surface area contributed by atoms with E-state index in [2.05, 4.69) is 6.07 Å². The van der Waals surface area contributed by atoms with Gasteiger partial charge in [-0.1, -0.05) is 0 Å². The van der Waals surface area contributed by atoms with Crippen molar-refractivity contribution in [3.05, 3.63) is 0 Å². The van der Waals surface area contributed by atoms with Crippen molar-refractivity contribution in [1.82, 2.24) is 0 Å². The monoisotopic (exact) mass is 141 g/mol. The predicted molar refractivity (Wildman–Crippen MR) is 35.1 cm³/mol. The molecule has 0 aromatic rings. The predicted octanol–water partition coefficient (Wildman–Crippen LogP) is 0.296. The molecule has 1 saturated carbocycles. The number of nitrogens with zero attached hydrogens (tertiary/aromatic N) is 1. The lowest BCUT2D eigenvalue weighted by Crippen LogP contribution is -2.14. The molecule has 56 valence electrons. The molecule has 0 saturated heterocycles. The Balaban J connectivity index is 2.51. The van der Waals surface area contributed by atoms with E-state index in [4.69, 9.17) is 15.1 Å². The van der Waals surface area contributed by atoms with Crippen molar-refractivity contribution in [2.24, 2.45) is 5.92 Å². The summed E-state index contributed by atoms with van der Waals surface area (Å²) in [6, 6.07) is 2.11. The van der Waals surface area contributed by atoms with E-state index < -0.39 is 0 Å². The molecule has 1 rings (SSSR count). The number of aliphatic hydroxyl groups excluding tert-OH is 1. The van der Waals surface area contributed by atoms with E-state index >= 15 is 0 Å². The van der Waals surface area contributed by atoms with E-state index in [1.54, 1.807) is 7.11 Å². The molecule has 3 heteroatoms. The lowest BCUT2D eigenvalue weighted by Gasteiger charge is -2.08. The maximum Gasteiger partial charge on any atom is 0.0755 e. The van der Waals surface area contributed by atoms with Crippen LogP contribution in [0.5, 0.6) is 0 Å². The first-order valence-corrected chi connectivity index (χ1v) is 3.38. The summed E-state index contributed by atoms with van der Waals surface area (Å²) in [5, 5.41) is 17.6. The maximum absolute atomic E-state index is 9.10. The minimum Gasteiger partial charge on any atom is -0.393 e. The van der Waals surface area contributed by atoms with Gasteiger partial charge in [0.2, 0.25) is 0 Å². The fourth-order valence-electron chi connectivity index (χ4n) is 1.37. The largest absolute Gasteiger partial charge is 0.393 e. The zero-order chi connectivity index (χ0) is 7.56. The third kappa shape index (κ3) is 1.28. The molecule has 0 spiro atoms. The second kappa shape index (κ2) is 3.00. The molecule has 0 aliphatic heterocycles. The Morgan fingerprint density at radius 2 is 2.30 bits per heavy atom. The average Bonchev–Trinajstić information content (AvgIpc) is 2.30. The Morgan fingerprint density at radius 3 is 2.70 bits per heavy atom. The number of nitriles is 1.